The van der Waals surface area contributed by atoms with Gasteiger partial charge in [-0.25, -0.2) is 0 Å². The third-order valence-electron chi connectivity index (χ3n) is 4.31. The highest BCUT2D eigenvalue weighted by Crippen LogP contribution is 2.24. The number of rotatable bonds is 5. The Hall–Kier alpha value is -2.76. The van der Waals surface area contributed by atoms with E-state index in [0.717, 1.165) is 27.1 Å². The third-order valence-corrected chi connectivity index (χ3v) is 6.04. The molecule has 4 aromatic rings. The van der Waals surface area contributed by atoms with Gasteiger partial charge in [0.2, 0.25) is 0 Å². The van der Waals surface area contributed by atoms with E-state index < -0.39 is 10.8 Å². The Bertz CT molecular complexity index is 1180. The van der Waals surface area contributed by atoms with Crippen LogP contribution in [0.15, 0.2) is 84.9 Å². The second-order valence-corrected chi connectivity index (χ2v) is 7.96. The summed E-state index contributed by atoms with van der Waals surface area (Å²) in [4.78, 5) is 3.96. The van der Waals surface area contributed by atoms with Crippen LogP contribution < -0.4 is 0 Å². The van der Waals surface area contributed by atoms with E-state index >= 15 is 0 Å². The molecule has 1 N–H and O–H groups in total. The maximum Gasteiger partial charge on any atom is 0.182 e. The van der Waals surface area contributed by atoms with Gasteiger partial charge in [-0.1, -0.05) is 72.8 Å². The van der Waals surface area contributed by atoms with E-state index in [1.165, 1.54) is 0 Å². The molecule has 0 saturated carbocycles. The summed E-state index contributed by atoms with van der Waals surface area (Å²) in [6.45, 7) is 0. The van der Waals surface area contributed by atoms with Gasteiger partial charge < -0.3 is 4.98 Å². The molecule has 27 heavy (non-hydrogen) atoms. The number of hydrogen-bond acceptors (Lipinski definition) is 2. The van der Waals surface area contributed by atoms with Crippen molar-refractivity contribution >= 4 is 45.2 Å². The second-order valence-electron chi connectivity index (χ2n) is 6.15. The second kappa shape index (κ2) is 7.86. The van der Waals surface area contributed by atoms with E-state index in [2.05, 4.69) is 4.98 Å². The predicted octanol–water partition coefficient (Wildman–Crippen LogP) is 5.60. The molecule has 0 aliphatic heterocycles. The Morgan fingerprint density at radius 3 is 2.30 bits per heavy atom. The van der Waals surface area contributed by atoms with Gasteiger partial charge in [-0.05, 0) is 35.5 Å². The number of benzene rings is 3. The maximum absolute atomic E-state index is 13.3. The molecule has 0 saturated heterocycles. The molecule has 0 bridgehead atoms. The fraction of sp³-hybridized carbons (Fsp3) is 0.0455. The number of imidazole rings is 1. The van der Waals surface area contributed by atoms with Crippen LogP contribution in [0.2, 0.25) is 0 Å². The lowest BCUT2D eigenvalue weighted by molar-refractivity contribution is 0.688. The normalized spacial score (nSPS) is 13.0. The van der Waals surface area contributed by atoms with Crippen LogP contribution in [0.3, 0.4) is 0 Å². The van der Waals surface area contributed by atoms with Crippen molar-refractivity contribution in [2.45, 2.75) is 5.75 Å². The molecular formula is C22H18N2OS2. The van der Waals surface area contributed by atoms with Crippen molar-refractivity contribution in [3.8, 4) is 0 Å². The lowest BCUT2D eigenvalue weighted by Crippen LogP contribution is -2.01. The minimum atomic E-state index is -1.22. The number of nitrogens with one attached hydrogen (secondary N) is 1. The smallest absolute Gasteiger partial charge is 0.182 e. The van der Waals surface area contributed by atoms with Crippen molar-refractivity contribution in [3.05, 3.63) is 101 Å². The van der Waals surface area contributed by atoms with Gasteiger partial charge in [0, 0.05) is 6.20 Å². The van der Waals surface area contributed by atoms with Crippen molar-refractivity contribution in [2.75, 3.05) is 0 Å². The van der Waals surface area contributed by atoms with E-state index in [-0.39, 0.29) is 0 Å². The molecule has 0 amide bonds. The topological polar surface area (TPSA) is 37.8 Å². The molecule has 3 aromatic carbocycles. The average Bonchev–Trinajstić information content (AvgIpc) is 3.02. The standard InChI is InChI=1S/C22H18N2OS2/c25-27(16-17-9-3-1-4-10-17)21(18-11-5-2-6-12-18)15-24-20-14-8-7-13-19(20)23-22(24)26/h1-15H,16H2,(H,23,26)/b21-15-. The summed E-state index contributed by atoms with van der Waals surface area (Å²) in [7, 11) is -1.22. The Labute approximate surface area is 165 Å². The molecule has 0 aliphatic rings. The number of aromatic nitrogens is 2. The highest BCUT2D eigenvalue weighted by Gasteiger charge is 2.13. The summed E-state index contributed by atoms with van der Waals surface area (Å²) in [5.74, 6) is 0.456. The van der Waals surface area contributed by atoms with Gasteiger partial charge in [-0.15, -0.1) is 0 Å². The first kappa shape index (κ1) is 17.6. The van der Waals surface area contributed by atoms with Gasteiger partial charge in [0.25, 0.3) is 0 Å². The van der Waals surface area contributed by atoms with E-state index in [4.69, 9.17) is 12.2 Å². The minimum absolute atomic E-state index is 0.456. The fourth-order valence-corrected chi connectivity index (χ4v) is 4.52. The summed E-state index contributed by atoms with van der Waals surface area (Å²) in [6.07, 6.45) is 1.90. The molecule has 0 radical (unpaired) electrons. The molecular weight excluding hydrogens is 372 g/mol. The Kier molecular flexibility index (Phi) is 5.14. The molecule has 4 rings (SSSR count). The van der Waals surface area contributed by atoms with Gasteiger partial charge in [-0.3, -0.25) is 8.78 Å². The molecule has 1 heterocycles. The monoisotopic (exact) mass is 390 g/mol. The van der Waals surface area contributed by atoms with E-state index in [1.807, 2.05) is 95.7 Å². The largest absolute Gasteiger partial charge is 0.330 e. The molecule has 0 spiro atoms. The minimum Gasteiger partial charge on any atom is -0.330 e. The van der Waals surface area contributed by atoms with Gasteiger partial charge in [0.15, 0.2) is 4.77 Å². The molecule has 1 unspecified atom stereocenters. The van der Waals surface area contributed by atoms with E-state index in [0.29, 0.717) is 10.5 Å². The SMILES string of the molecule is O=S(Cc1ccccc1)/C(=C\n1c(=S)[nH]c2ccccc21)c1ccccc1. The van der Waals surface area contributed by atoms with Crippen molar-refractivity contribution < 1.29 is 4.21 Å². The summed E-state index contributed by atoms with van der Waals surface area (Å²) < 4.78 is 15.8. The fourth-order valence-electron chi connectivity index (χ4n) is 2.99. The summed E-state index contributed by atoms with van der Waals surface area (Å²) in [6, 6.07) is 27.6. The average molecular weight is 391 g/mol. The van der Waals surface area contributed by atoms with Crippen LogP contribution in [-0.4, -0.2) is 13.8 Å². The van der Waals surface area contributed by atoms with Crippen LogP contribution in [-0.2, 0) is 16.6 Å². The zero-order valence-electron chi connectivity index (χ0n) is 14.5. The number of hydrogen-bond donors (Lipinski definition) is 1. The third kappa shape index (κ3) is 3.84. The number of aromatic amines is 1. The van der Waals surface area contributed by atoms with E-state index in [9.17, 15) is 4.21 Å². The summed E-state index contributed by atoms with van der Waals surface area (Å²) in [5.41, 5.74) is 3.90. The zero-order chi connectivity index (χ0) is 18.6. The van der Waals surface area contributed by atoms with Gasteiger partial charge in [0.1, 0.15) is 0 Å². The van der Waals surface area contributed by atoms with E-state index in [1.54, 1.807) is 0 Å². The first-order valence-corrected chi connectivity index (χ1v) is 10.3. The first-order valence-electron chi connectivity index (χ1n) is 8.61. The highest BCUT2D eigenvalue weighted by molar-refractivity contribution is 7.94. The van der Waals surface area contributed by atoms with Gasteiger partial charge >= 0.3 is 0 Å². The molecule has 5 heteroatoms. The molecule has 1 aromatic heterocycles. The zero-order valence-corrected chi connectivity index (χ0v) is 16.2. The number of nitrogens with zero attached hydrogens (tertiary/aromatic N) is 1. The number of H-pyrrole nitrogens is 1. The van der Waals surface area contributed by atoms with Crippen molar-refractivity contribution in [1.82, 2.24) is 9.55 Å². The molecule has 134 valence electrons. The van der Waals surface area contributed by atoms with Crippen LogP contribution >= 0.6 is 12.2 Å². The van der Waals surface area contributed by atoms with Crippen LogP contribution in [0.1, 0.15) is 11.1 Å². The number of para-hydroxylation sites is 2. The van der Waals surface area contributed by atoms with Crippen molar-refractivity contribution in [1.29, 1.82) is 0 Å². The lowest BCUT2D eigenvalue weighted by Gasteiger charge is -2.09. The van der Waals surface area contributed by atoms with Gasteiger partial charge in [0.05, 0.1) is 32.5 Å². The summed E-state index contributed by atoms with van der Waals surface area (Å²) >= 11 is 5.50. The Morgan fingerprint density at radius 2 is 1.56 bits per heavy atom. The maximum atomic E-state index is 13.3. The number of fused-ring (bicyclic) bond motifs is 1. The lowest BCUT2D eigenvalue weighted by atomic mass is 10.2. The van der Waals surface area contributed by atoms with Crippen LogP contribution in [0.5, 0.6) is 0 Å². The highest BCUT2D eigenvalue weighted by atomic mass is 32.2. The Balaban J connectivity index is 1.83. The van der Waals surface area contributed by atoms with Crippen LogP contribution in [0, 0.1) is 4.77 Å². The predicted molar refractivity (Wildman–Crippen MR) is 116 cm³/mol. The van der Waals surface area contributed by atoms with Crippen LogP contribution in [0.4, 0.5) is 0 Å². The van der Waals surface area contributed by atoms with Crippen LogP contribution in [0.25, 0.3) is 22.1 Å². The quantitative estimate of drug-likeness (QED) is 0.450. The van der Waals surface area contributed by atoms with Gasteiger partial charge in [-0.2, -0.15) is 0 Å². The summed E-state index contributed by atoms with van der Waals surface area (Å²) in [5, 5.41) is 0. The molecule has 0 aliphatic carbocycles. The molecule has 1 atom stereocenters. The van der Waals surface area contributed by atoms with Crippen molar-refractivity contribution in [3.63, 3.8) is 0 Å². The first-order chi connectivity index (χ1) is 13.2. The molecule has 3 nitrogen and oxygen atoms in total. The molecule has 0 fully saturated rings. The van der Waals surface area contributed by atoms with Crippen molar-refractivity contribution in [2.24, 2.45) is 0 Å². The Morgan fingerprint density at radius 1 is 0.926 bits per heavy atom.